The fraction of sp³-hybridized carbons (Fsp3) is 0.300. The van der Waals surface area contributed by atoms with E-state index in [0.29, 0.717) is 12.2 Å². The van der Waals surface area contributed by atoms with E-state index < -0.39 is 97.9 Å². The molecule has 0 saturated carbocycles. The summed E-state index contributed by atoms with van der Waals surface area (Å²) in [6.07, 6.45) is 0.732. The van der Waals surface area contributed by atoms with E-state index in [-0.39, 0.29) is 12.2 Å². The number of hydrogen-bond acceptors (Lipinski definition) is 10. The molecule has 0 heterocycles. The molecular formula is C60H67N3O9S3. The van der Waals surface area contributed by atoms with E-state index in [1.165, 1.54) is 17.8 Å². The van der Waals surface area contributed by atoms with E-state index in [2.05, 4.69) is 52.3 Å². The van der Waals surface area contributed by atoms with Gasteiger partial charge in [0.05, 0.1) is 46.3 Å². The summed E-state index contributed by atoms with van der Waals surface area (Å²) < 4.78 is 23.6. The first-order valence-corrected chi connectivity index (χ1v) is 29.0. The Hall–Kier alpha value is -6.49. The summed E-state index contributed by atoms with van der Waals surface area (Å²) in [6.45, 7) is 3.44. The molecule has 394 valence electrons. The summed E-state index contributed by atoms with van der Waals surface area (Å²) in [6, 6.07) is 56.0. The Labute approximate surface area is 449 Å². The molecule has 75 heavy (non-hydrogen) atoms. The standard InChI is InChI=1S/C60H67N3O9S3/c1-43(2)56(53(65)41-55(67)68)63-58(70)52(42-74-60(47-30-16-7-17-31-47,48-32-18-8-19-33-48)49-34-20-9-21-35-49)62-57(69)51(37-39-75(3,71)72)61-54(66)40-50(64)36-22-23-38-73-59(44-24-10-4-11-25-44,45-26-12-5-13-27-45)46-28-14-6-15-29-46/h4-22,24-36,43,50-53,56,64-65H,23,37-42H2,1-3H3,(H,61,66)(H,62,69)(H,63,70)(H,67,68). The van der Waals surface area contributed by atoms with Crippen LogP contribution in [0.4, 0.5) is 0 Å². The number of amides is 3. The number of carbonyl (C=O) groups is 4. The Bertz CT molecular complexity index is 2690. The van der Waals surface area contributed by atoms with Crippen molar-refractivity contribution in [3.63, 3.8) is 0 Å². The second kappa shape index (κ2) is 27.9. The molecule has 5 unspecified atom stereocenters. The molecule has 0 aliphatic carbocycles. The van der Waals surface area contributed by atoms with Crippen LogP contribution in [0.3, 0.4) is 0 Å². The highest BCUT2D eigenvalue weighted by Gasteiger charge is 2.40. The van der Waals surface area contributed by atoms with Crippen LogP contribution in [-0.4, -0.2) is 101 Å². The molecule has 0 bridgehead atoms. The number of hydrogen-bond donors (Lipinski definition) is 6. The Balaban J connectivity index is 1.23. The van der Waals surface area contributed by atoms with Crippen LogP contribution in [0.2, 0.25) is 0 Å². The quantitative estimate of drug-likeness (QED) is 0.0156. The van der Waals surface area contributed by atoms with Gasteiger partial charge in [0, 0.05) is 12.0 Å². The maximum absolute atomic E-state index is 14.6. The third-order valence-corrected chi connectivity index (χ3v) is 17.0. The largest absolute Gasteiger partial charge is 0.481 e. The number of aliphatic hydroxyl groups is 2. The Kier molecular flexibility index (Phi) is 21.5. The zero-order valence-electron chi connectivity index (χ0n) is 42.4. The highest BCUT2D eigenvalue weighted by Crippen LogP contribution is 2.50. The Morgan fingerprint density at radius 3 is 1.32 bits per heavy atom. The first-order valence-electron chi connectivity index (χ1n) is 25.0. The minimum Gasteiger partial charge on any atom is -0.481 e. The molecule has 5 atom stereocenters. The molecule has 6 N–H and O–H groups in total. The highest BCUT2D eigenvalue weighted by atomic mass is 32.2. The normalized spacial score (nSPS) is 14.1. The minimum absolute atomic E-state index is 0.0895. The first-order chi connectivity index (χ1) is 36.0. The predicted molar refractivity (Wildman–Crippen MR) is 301 cm³/mol. The summed E-state index contributed by atoms with van der Waals surface area (Å²) in [4.78, 5) is 54.6. The lowest BCUT2D eigenvalue weighted by Gasteiger charge is -2.37. The van der Waals surface area contributed by atoms with Crippen LogP contribution in [-0.2, 0) is 38.5 Å². The number of aliphatic carboxylic acids is 1. The van der Waals surface area contributed by atoms with Crippen molar-refractivity contribution >= 4 is 57.1 Å². The van der Waals surface area contributed by atoms with Gasteiger partial charge in [-0.15, -0.1) is 23.5 Å². The number of carboxylic acids is 1. The van der Waals surface area contributed by atoms with Gasteiger partial charge in [0.1, 0.15) is 21.9 Å². The Morgan fingerprint density at radius 2 is 0.947 bits per heavy atom. The molecule has 0 fully saturated rings. The zero-order chi connectivity index (χ0) is 53.9. The number of nitrogens with one attached hydrogen (secondary N) is 3. The molecule has 0 aromatic heterocycles. The summed E-state index contributed by atoms with van der Waals surface area (Å²) >= 11 is 3.12. The predicted octanol–water partition coefficient (Wildman–Crippen LogP) is 8.52. The molecule has 6 rings (SSSR count). The van der Waals surface area contributed by atoms with E-state index >= 15 is 0 Å². The van der Waals surface area contributed by atoms with Gasteiger partial charge in [-0.3, -0.25) is 19.2 Å². The second-order valence-electron chi connectivity index (χ2n) is 18.7. The van der Waals surface area contributed by atoms with Crippen molar-refractivity contribution in [2.75, 3.05) is 23.5 Å². The van der Waals surface area contributed by atoms with Gasteiger partial charge in [-0.05, 0) is 57.9 Å². The fourth-order valence-electron chi connectivity index (χ4n) is 9.12. The first kappa shape index (κ1) is 57.8. The van der Waals surface area contributed by atoms with Gasteiger partial charge in [0.15, 0.2) is 0 Å². The number of benzene rings is 6. The molecular weight excluding hydrogens is 1000 g/mol. The summed E-state index contributed by atoms with van der Waals surface area (Å²) in [5.41, 5.74) is 5.96. The van der Waals surface area contributed by atoms with Crippen LogP contribution in [0.15, 0.2) is 194 Å². The maximum Gasteiger partial charge on any atom is 0.306 e. The van der Waals surface area contributed by atoms with Crippen molar-refractivity contribution < 1.29 is 42.9 Å². The van der Waals surface area contributed by atoms with Crippen molar-refractivity contribution in [2.24, 2.45) is 5.92 Å². The van der Waals surface area contributed by atoms with Crippen LogP contribution in [0, 0.1) is 5.92 Å². The maximum atomic E-state index is 14.6. The van der Waals surface area contributed by atoms with Gasteiger partial charge >= 0.3 is 5.97 Å². The zero-order valence-corrected chi connectivity index (χ0v) is 44.9. The van der Waals surface area contributed by atoms with Crippen molar-refractivity contribution in [1.29, 1.82) is 0 Å². The molecule has 6 aromatic rings. The van der Waals surface area contributed by atoms with E-state index in [4.69, 9.17) is 0 Å². The average Bonchev–Trinajstić information content (AvgIpc) is 3.41. The molecule has 0 aliphatic rings. The van der Waals surface area contributed by atoms with Crippen molar-refractivity contribution in [2.45, 2.75) is 79.4 Å². The second-order valence-corrected chi connectivity index (χ2v) is 23.6. The van der Waals surface area contributed by atoms with E-state index in [0.717, 1.165) is 39.6 Å². The number of carboxylic acid groups (broad SMARTS) is 1. The van der Waals surface area contributed by atoms with E-state index in [1.807, 2.05) is 152 Å². The monoisotopic (exact) mass is 1070 g/mol. The minimum atomic E-state index is -3.66. The van der Waals surface area contributed by atoms with Gasteiger partial charge in [-0.1, -0.05) is 208 Å². The number of aliphatic hydroxyl groups excluding tert-OH is 2. The molecule has 0 spiro atoms. The van der Waals surface area contributed by atoms with E-state index in [1.54, 1.807) is 25.6 Å². The third kappa shape index (κ3) is 16.0. The van der Waals surface area contributed by atoms with Crippen LogP contribution < -0.4 is 16.0 Å². The lowest BCUT2D eigenvalue weighted by atomic mass is 9.84. The van der Waals surface area contributed by atoms with Crippen molar-refractivity contribution in [1.82, 2.24) is 16.0 Å². The average molecular weight is 1070 g/mol. The lowest BCUT2D eigenvalue weighted by molar-refractivity contribution is -0.140. The van der Waals surface area contributed by atoms with Crippen LogP contribution in [0.25, 0.3) is 0 Å². The lowest BCUT2D eigenvalue weighted by Crippen LogP contribution is -2.58. The van der Waals surface area contributed by atoms with Crippen LogP contribution >= 0.6 is 23.5 Å². The van der Waals surface area contributed by atoms with Gasteiger partial charge in [-0.2, -0.15) is 0 Å². The topological polar surface area (TPSA) is 199 Å². The van der Waals surface area contributed by atoms with Crippen LogP contribution in [0.5, 0.6) is 0 Å². The number of sulfone groups is 1. The third-order valence-electron chi connectivity index (χ3n) is 12.8. The molecule has 6 aromatic carbocycles. The SMILES string of the molecule is CC(C)C(NC(=O)C(CSC(c1ccccc1)(c1ccccc1)c1ccccc1)NC(=O)C(CCS(C)(=O)=O)NC(=O)CC(O)C=CCCSC(c1ccccc1)(c1ccccc1)c1ccccc1)C(O)CC(=O)O. The molecule has 0 aliphatic heterocycles. The van der Waals surface area contributed by atoms with Gasteiger partial charge in [-0.25, -0.2) is 8.42 Å². The summed E-state index contributed by atoms with van der Waals surface area (Å²) in [5, 5.41) is 39.9. The summed E-state index contributed by atoms with van der Waals surface area (Å²) in [5.74, 6) is -3.94. The Morgan fingerprint density at radius 1 is 0.560 bits per heavy atom. The highest BCUT2D eigenvalue weighted by molar-refractivity contribution is 8.01. The van der Waals surface area contributed by atoms with Gasteiger partial charge < -0.3 is 31.3 Å². The number of rotatable bonds is 28. The molecule has 0 radical (unpaired) electrons. The molecule has 12 nitrogen and oxygen atoms in total. The van der Waals surface area contributed by atoms with Gasteiger partial charge in [0.2, 0.25) is 17.7 Å². The molecule has 3 amide bonds. The number of thioether (sulfide) groups is 2. The van der Waals surface area contributed by atoms with Gasteiger partial charge in [0.25, 0.3) is 0 Å². The van der Waals surface area contributed by atoms with Crippen molar-refractivity contribution in [3.05, 3.63) is 228 Å². The molecule has 15 heteroatoms. The van der Waals surface area contributed by atoms with Crippen molar-refractivity contribution in [3.8, 4) is 0 Å². The van der Waals surface area contributed by atoms with E-state index in [9.17, 15) is 42.9 Å². The van der Waals surface area contributed by atoms with Crippen LogP contribution in [0.1, 0.15) is 72.9 Å². The summed E-state index contributed by atoms with van der Waals surface area (Å²) in [7, 11) is -3.66. The fourth-order valence-corrected chi connectivity index (χ4v) is 12.8. The molecule has 0 saturated heterocycles. The smallest absolute Gasteiger partial charge is 0.306 e. The number of carbonyl (C=O) groups excluding carboxylic acids is 3. The number of allylic oxidation sites excluding steroid dienone is 1.